The number of morpholine rings is 1. The predicted molar refractivity (Wildman–Crippen MR) is 70.9 cm³/mol. The van der Waals surface area contributed by atoms with Crippen LogP contribution in [0.3, 0.4) is 0 Å². The molecule has 1 aliphatic heterocycles. The number of H-pyrrole nitrogens is 1. The molecule has 0 bridgehead atoms. The molecule has 0 unspecified atom stereocenters. The molecule has 0 saturated carbocycles. The molecule has 21 heavy (non-hydrogen) atoms. The Balaban J connectivity index is 0.000000497. The van der Waals surface area contributed by atoms with Crippen LogP contribution in [0.2, 0.25) is 0 Å². The molecule has 1 saturated heterocycles. The number of ether oxygens (including phenoxy) is 2. The standard InChI is InChI=1S/C12H14N4O2.CO2/c1-2-10(16-4-6-17-7-5-16)8-11(3-1)18-12-9-13-15-14-12;2-1-3/h1-3,8-9H,4-7H2,(H,13,14,15);. The number of nitrogens with zero attached hydrogens (tertiary/aromatic N) is 3. The van der Waals surface area contributed by atoms with Crippen LogP contribution in [0.15, 0.2) is 30.5 Å². The Labute approximate surface area is 120 Å². The highest BCUT2D eigenvalue weighted by Crippen LogP contribution is 2.24. The van der Waals surface area contributed by atoms with Crippen molar-refractivity contribution >= 4 is 11.8 Å². The van der Waals surface area contributed by atoms with Crippen LogP contribution in [0.1, 0.15) is 0 Å². The Hall–Kier alpha value is -2.70. The molecule has 1 aromatic carbocycles. The Morgan fingerprint density at radius 2 is 2.05 bits per heavy atom. The summed E-state index contributed by atoms with van der Waals surface area (Å²) in [7, 11) is 0. The number of aromatic nitrogens is 3. The number of hydrogen-bond acceptors (Lipinski definition) is 7. The summed E-state index contributed by atoms with van der Waals surface area (Å²) in [5.74, 6) is 1.22. The van der Waals surface area contributed by atoms with E-state index in [1.54, 1.807) is 6.20 Å². The quantitative estimate of drug-likeness (QED) is 0.894. The first kappa shape index (κ1) is 14.7. The van der Waals surface area contributed by atoms with Crippen molar-refractivity contribution in [1.82, 2.24) is 15.4 Å². The minimum atomic E-state index is 0.250. The highest BCUT2D eigenvalue weighted by Gasteiger charge is 2.11. The van der Waals surface area contributed by atoms with E-state index in [0.29, 0.717) is 5.88 Å². The molecule has 1 N–H and O–H groups in total. The number of carbonyl (C=O) groups excluding carboxylic acids is 2. The lowest BCUT2D eigenvalue weighted by molar-refractivity contribution is -0.191. The van der Waals surface area contributed by atoms with Gasteiger partial charge >= 0.3 is 6.15 Å². The molecule has 0 radical (unpaired) electrons. The number of hydrogen-bond donors (Lipinski definition) is 1. The largest absolute Gasteiger partial charge is 0.436 e. The lowest BCUT2D eigenvalue weighted by Crippen LogP contribution is -2.36. The maximum absolute atomic E-state index is 8.12. The van der Waals surface area contributed by atoms with Crippen LogP contribution < -0.4 is 9.64 Å². The van der Waals surface area contributed by atoms with E-state index in [9.17, 15) is 0 Å². The van der Waals surface area contributed by atoms with Crippen molar-refractivity contribution < 1.29 is 19.1 Å². The molecule has 2 aromatic rings. The van der Waals surface area contributed by atoms with Crippen LogP contribution in [-0.2, 0) is 14.3 Å². The summed E-state index contributed by atoms with van der Waals surface area (Å²) in [6.07, 6.45) is 1.79. The third kappa shape index (κ3) is 4.41. The lowest BCUT2D eigenvalue weighted by atomic mass is 10.2. The van der Waals surface area contributed by atoms with Gasteiger partial charge in [-0.1, -0.05) is 6.07 Å². The molecule has 2 heterocycles. The first-order valence-electron chi connectivity index (χ1n) is 6.29. The SMILES string of the molecule is O=C=O.c1cc(Oc2cn[nH]n2)cc(N2CCOCC2)c1. The monoisotopic (exact) mass is 290 g/mol. The predicted octanol–water partition coefficient (Wildman–Crippen LogP) is 0.850. The van der Waals surface area contributed by atoms with Crippen molar-refractivity contribution in [3.05, 3.63) is 30.5 Å². The average Bonchev–Trinajstić information content (AvgIpc) is 3.02. The van der Waals surface area contributed by atoms with Gasteiger partial charge in [0.15, 0.2) is 0 Å². The molecule has 1 aliphatic rings. The van der Waals surface area contributed by atoms with Gasteiger partial charge in [0.05, 0.1) is 13.2 Å². The number of anilines is 1. The fourth-order valence-corrected chi connectivity index (χ4v) is 1.93. The van der Waals surface area contributed by atoms with Gasteiger partial charge in [0.2, 0.25) is 0 Å². The Bertz CT molecular complexity index is 576. The smallest absolute Gasteiger partial charge is 0.373 e. The Kier molecular flexibility index (Phi) is 5.45. The van der Waals surface area contributed by atoms with Crippen molar-refractivity contribution in [1.29, 1.82) is 0 Å². The molecule has 110 valence electrons. The van der Waals surface area contributed by atoms with Crippen LogP contribution in [0.25, 0.3) is 0 Å². The molecule has 1 fully saturated rings. The van der Waals surface area contributed by atoms with Crippen LogP contribution in [0.4, 0.5) is 5.69 Å². The van der Waals surface area contributed by atoms with Crippen molar-refractivity contribution in [2.45, 2.75) is 0 Å². The van der Waals surface area contributed by atoms with Crippen LogP contribution in [0.5, 0.6) is 11.6 Å². The van der Waals surface area contributed by atoms with E-state index in [1.807, 2.05) is 18.2 Å². The normalized spacial score (nSPS) is 13.8. The minimum Gasteiger partial charge on any atom is -0.436 e. The van der Waals surface area contributed by atoms with E-state index in [2.05, 4.69) is 26.4 Å². The van der Waals surface area contributed by atoms with Crippen molar-refractivity contribution in [3.8, 4) is 11.6 Å². The summed E-state index contributed by atoms with van der Waals surface area (Å²) in [5, 5.41) is 10.1. The van der Waals surface area contributed by atoms with E-state index in [4.69, 9.17) is 19.1 Å². The third-order valence-corrected chi connectivity index (χ3v) is 2.81. The third-order valence-electron chi connectivity index (χ3n) is 2.81. The average molecular weight is 290 g/mol. The van der Waals surface area contributed by atoms with E-state index in [1.165, 1.54) is 0 Å². The van der Waals surface area contributed by atoms with Gasteiger partial charge in [-0.2, -0.15) is 19.9 Å². The Morgan fingerprint density at radius 1 is 1.29 bits per heavy atom. The van der Waals surface area contributed by atoms with E-state index in [-0.39, 0.29) is 6.15 Å². The number of benzene rings is 1. The maximum atomic E-state index is 8.12. The highest BCUT2D eigenvalue weighted by atomic mass is 16.5. The molecular weight excluding hydrogens is 276 g/mol. The van der Waals surface area contributed by atoms with Crippen LogP contribution in [0, 0.1) is 0 Å². The second-order valence-electron chi connectivity index (χ2n) is 4.09. The summed E-state index contributed by atoms with van der Waals surface area (Å²) in [4.78, 5) is 18.5. The summed E-state index contributed by atoms with van der Waals surface area (Å²) in [6, 6.07) is 7.94. The highest BCUT2D eigenvalue weighted by molar-refractivity contribution is 5.51. The zero-order valence-electron chi connectivity index (χ0n) is 11.2. The Morgan fingerprint density at radius 3 is 2.71 bits per heavy atom. The van der Waals surface area contributed by atoms with Crippen LogP contribution in [-0.4, -0.2) is 47.9 Å². The van der Waals surface area contributed by atoms with Gasteiger partial charge in [-0.15, -0.1) is 5.10 Å². The fourth-order valence-electron chi connectivity index (χ4n) is 1.93. The van der Waals surface area contributed by atoms with Gasteiger partial charge in [0.1, 0.15) is 11.9 Å². The second kappa shape index (κ2) is 7.78. The van der Waals surface area contributed by atoms with Crippen molar-refractivity contribution in [3.63, 3.8) is 0 Å². The van der Waals surface area contributed by atoms with Gasteiger partial charge in [-0.05, 0) is 12.1 Å². The summed E-state index contributed by atoms with van der Waals surface area (Å²) in [6.45, 7) is 3.36. The fraction of sp³-hybridized carbons (Fsp3) is 0.308. The zero-order chi connectivity index (χ0) is 14.9. The second-order valence-corrected chi connectivity index (χ2v) is 4.09. The first-order valence-corrected chi connectivity index (χ1v) is 6.29. The molecular formula is C13H14N4O4. The van der Waals surface area contributed by atoms with Crippen LogP contribution >= 0.6 is 0 Å². The number of rotatable bonds is 3. The van der Waals surface area contributed by atoms with Crippen molar-refractivity contribution in [2.24, 2.45) is 0 Å². The lowest BCUT2D eigenvalue weighted by Gasteiger charge is -2.28. The minimum absolute atomic E-state index is 0.250. The molecule has 0 amide bonds. The summed E-state index contributed by atoms with van der Waals surface area (Å²) >= 11 is 0. The summed E-state index contributed by atoms with van der Waals surface area (Å²) < 4.78 is 10.9. The van der Waals surface area contributed by atoms with E-state index < -0.39 is 0 Å². The first-order chi connectivity index (χ1) is 10.3. The van der Waals surface area contributed by atoms with Gasteiger partial charge < -0.3 is 14.4 Å². The number of nitrogens with one attached hydrogen (secondary N) is 1. The molecule has 0 atom stereocenters. The van der Waals surface area contributed by atoms with Gasteiger partial charge in [-0.3, -0.25) is 0 Å². The van der Waals surface area contributed by atoms with Gasteiger partial charge in [-0.25, -0.2) is 0 Å². The zero-order valence-corrected chi connectivity index (χ0v) is 11.2. The topological polar surface area (TPSA) is 97.4 Å². The van der Waals surface area contributed by atoms with E-state index in [0.717, 1.165) is 37.7 Å². The molecule has 1 aromatic heterocycles. The van der Waals surface area contributed by atoms with Gasteiger partial charge in [0.25, 0.3) is 5.88 Å². The van der Waals surface area contributed by atoms with Crippen molar-refractivity contribution in [2.75, 3.05) is 31.2 Å². The molecule has 8 heteroatoms. The van der Waals surface area contributed by atoms with E-state index >= 15 is 0 Å². The number of aromatic amines is 1. The van der Waals surface area contributed by atoms with Gasteiger partial charge in [0, 0.05) is 24.8 Å². The molecule has 8 nitrogen and oxygen atoms in total. The molecule has 0 aliphatic carbocycles. The summed E-state index contributed by atoms with van der Waals surface area (Å²) in [5.41, 5.74) is 1.14. The molecule has 3 rings (SSSR count). The molecule has 0 spiro atoms. The maximum Gasteiger partial charge on any atom is 0.373 e.